The zero-order valence-electron chi connectivity index (χ0n) is 14.4. The molecule has 0 radical (unpaired) electrons. The van der Waals surface area contributed by atoms with Gasteiger partial charge in [0.2, 0.25) is 5.91 Å². The van der Waals surface area contributed by atoms with Gasteiger partial charge in [-0.3, -0.25) is 14.5 Å². The van der Waals surface area contributed by atoms with Crippen LogP contribution in [-0.2, 0) is 19.1 Å². The molecule has 0 aliphatic carbocycles. The Balaban J connectivity index is 1.67. The topological polar surface area (TPSA) is 75.7 Å². The summed E-state index contributed by atoms with van der Waals surface area (Å²) in [6, 6.07) is 10.9. The Morgan fingerprint density at radius 2 is 2.04 bits per heavy atom. The van der Waals surface area contributed by atoms with Gasteiger partial charge in [0.1, 0.15) is 6.54 Å². The number of fused-ring (bicyclic) bond motifs is 1. The molecule has 1 aromatic heterocycles. The largest absolute Gasteiger partial charge is 0.449 e. The lowest BCUT2D eigenvalue weighted by molar-refractivity contribution is -0.149. The second-order valence-corrected chi connectivity index (χ2v) is 7.17. The summed E-state index contributed by atoms with van der Waals surface area (Å²) >= 11 is 1.56. The summed E-state index contributed by atoms with van der Waals surface area (Å²) in [4.78, 5) is 39.9. The van der Waals surface area contributed by atoms with Crippen LogP contribution in [0.25, 0.3) is 6.08 Å². The molecule has 1 aromatic carbocycles. The number of hydrogen-bond donors (Lipinski definition) is 1. The minimum atomic E-state index is -1.00. The lowest BCUT2D eigenvalue weighted by Gasteiger charge is -2.30. The maximum atomic E-state index is 12.7. The van der Waals surface area contributed by atoms with Crippen molar-refractivity contribution in [3.05, 3.63) is 52.2 Å². The van der Waals surface area contributed by atoms with Crippen LogP contribution in [0, 0.1) is 6.92 Å². The normalized spacial score (nSPS) is 14.7. The maximum Gasteiger partial charge on any atom is 0.331 e. The Morgan fingerprint density at radius 3 is 2.77 bits per heavy atom. The van der Waals surface area contributed by atoms with Gasteiger partial charge in [0.05, 0.1) is 11.4 Å². The number of carbonyl (C=O) groups is 3. The van der Waals surface area contributed by atoms with Crippen LogP contribution >= 0.6 is 11.3 Å². The Bertz CT molecular complexity index is 887. The molecule has 0 saturated carbocycles. The number of esters is 1. The molecule has 2 heterocycles. The molecule has 26 heavy (non-hydrogen) atoms. The molecule has 1 aliphatic heterocycles. The van der Waals surface area contributed by atoms with Crippen LogP contribution in [-0.4, -0.2) is 30.4 Å². The summed E-state index contributed by atoms with van der Waals surface area (Å²) in [5.74, 6) is -1.34. The third kappa shape index (κ3) is 4.00. The lowest BCUT2D eigenvalue weighted by Crippen LogP contribution is -2.46. The third-order valence-electron chi connectivity index (χ3n) is 3.82. The van der Waals surface area contributed by atoms with E-state index < -0.39 is 18.0 Å². The molecule has 7 heteroatoms. The van der Waals surface area contributed by atoms with Crippen molar-refractivity contribution in [2.24, 2.45) is 0 Å². The molecule has 1 aliphatic rings. The highest BCUT2D eigenvalue weighted by Crippen LogP contribution is 2.29. The molecule has 1 N–H and O–H groups in total. The van der Waals surface area contributed by atoms with Gasteiger partial charge in [-0.1, -0.05) is 12.1 Å². The Hall–Kier alpha value is -2.93. The van der Waals surface area contributed by atoms with Crippen LogP contribution in [0.1, 0.15) is 16.7 Å². The number of carbonyl (C=O) groups excluding carboxylic acids is 3. The lowest BCUT2D eigenvalue weighted by atomic mass is 10.1. The molecule has 0 spiro atoms. The third-order valence-corrected chi connectivity index (χ3v) is 4.79. The summed E-state index contributed by atoms with van der Waals surface area (Å²) in [6.45, 7) is 3.37. The molecule has 1 atom stereocenters. The zero-order chi connectivity index (χ0) is 18.7. The average Bonchev–Trinajstić information content (AvgIpc) is 3.04. The molecule has 3 rings (SSSR count). The van der Waals surface area contributed by atoms with E-state index in [2.05, 4.69) is 5.32 Å². The molecule has 0 unspecified atom stereocenters. The van der Waals surface area contributed by atoms with Crippen LogP contribution < -0.4 is 10.2 Å². The van der Waals surface area contributed by atoms with Gasteiger partial charge < -0.3 is 10.1 Å². The minimum absolute atomic E-state index is 0.109. The molecule has 2 amide bonds. The fourth-order valence-electron chi connectivity index (χ4n) is 2.61. The number of ether oxygens (including phenoxy) is 1. The first kappa shape index (κ1) is 17.9. The molecule has 6 nitrogen and oxygen atoms in total. The highest BCUT2D eigenvalue weighted by molar-refractivity contribution is 7.12. The molecule has 134 valence electrons. The van der Waals surface area contributed by atoms with E-state index in [9.17, 15) is 14.4 Å². The van der Waals surface area contributed by atoms with Crippen molar-refractivity contribution in [1.29, 1.82) is 0 Å². The fraction of sp³-hybridized carbons (Fsp3) is 0.211. The van der Waals surface area contributed by atoms with Gasteiger partial charge >= 0.3 is 5.97 Å². The van der Waals surface area contributed by atoms with Crippen molar-refractivity contribution in [2.45, 2.75) is 20.0 Å². The van der Waals surface area contributed by atoms with E-state index in [1.54, 1.807) is 41.7 Å². The Morgan fingerprint density at radius 1 is 1.27 bits per heavy atom. The number of amides is 2. The Kier molecular flexibility index (Phi) is 5.18. The van der Waals surface area contributed by atoms with E-state index in [0.717, 1.165) is 9.75 Å². The van der Waals surface area contributed by atoms with Crippen molar-refractivity contribution in [2.75, 3.05) is 16.8 Å². The van der Waals surface area contributed by atoms with E-state index in [1.807, 2.05) is 19.1 Å². The second-order valence-electron chi connectivity index (χ2n) is 5.85. The smallest absolute Gasteiger partial charge is 0.331 e. The summed E-state index contributed by atoms with van der Waals surface area (Å²) in [6.07, 6.45) is 1.95. The molecule has 0 fully saturated rings. The standard InChI is InChI=1S/C19H18N2O4S/c1-12-7-8-14(26-12)9-10-18(23)25-13(2)19(24)21-11-17(22)20-15-5-3-4-6-16(15)21/h3-10,13H,11H2,1-2H3,(H,20,22)/b10-9+/t13-/m1/s1. The number of rotatable bonds is 4. The first-order valence-electron chi connectivity index (χ1n) is 8.09. The number of aryl methyl sites for hydroxylation is 1. The Labute approximate surface area is 155 Å². The highest BCUT2D eigenvalue weighted by Gasteiger charge is 2.30. The van der Waals surface area contributed by atoms with Crippen LogP contribution in [0.3, 0.4) is 0 Å². The minimum Gasteiger partial charge on any atom is -0.449 e. The maximum absolute atomic E-state index is 12.7. The molecule has 0 bridgehead atoms. The van der Waals surface area contributed by atoms with Crippen LogP contribution in [0.4, 0.5) is 11.4 Å². The van der Waals surface area contributed by atoms with E-state index in [0.29, 0.717) is 11.4 Å². The van der Waals surface area contributed by atoms with E-state index in [4.69, 9.17) is 4.74 Å². The van der Waals surface area contributed by atoms with E-state index >= 15 is 0 Å². The number of nitrogens with zero attached hydrogens (tertiary/aromatic N) is 1. The van der Waals surface area contributed by atoms with Crippen LogP contribution in [0.15, 0.2) is 42.5 Å². The van der Waals surface area contributed by atoms with E-state index in [-0.39, 0.29) is 12.5 Å². The second kappa shape index (κ2) is 7.53. The number of para-hydroxylation sites is 2. The highest BCUT2D eigenvalue weighted by atomic mass is 32.1. The quantitative estimate of drug-likeness (QED) is 0.663. The van der Waals surface area contributed by atoms with Crippen molar-refractivity contribution >= 4 is 46.6 Å². The first-order valence-corrected chi connectivity index (χ1v) is 8.91. The van der Waals surface area contributed by atoms with Crippen molar-refractivity contribution in [3.8, 4) is 0 Å². The molecule has 0 saturated heterocycles. The monoisotopic (exact) mass is 370 g/mol. The first-order chi connectivity index (χ1) is 12.4. The number of benzene rings is 1. The predicted octanol–water partition coefficient (Wildman–Crippen LogP) is 2.99. The summed E-state index contributed by atoms with van der Waals surface area (Å²) in [5.41, 5.74) is 1.15. The van der Waals surface area contributed by atoms with Crippen LogP contribution in [0.5, 0.6) is 0 Å². The van der Waals surface area contributed by atoms with Crippen LogP contribution in [0.2, 0.25) is 0 Å². The summed E-state index contributed by atoms with van der Waals surface area (Å²) in [5, 5.41) is 2.71. The van der Waals surface area contributed by atoms with Gasteiger partial charge in [-0.15, -0.1) is 11.3 Å². The molecular formula is C19H18N2O4S. The van der Waals surface area contributed by atoms with E-state index in [1.165, 1.54) is 17.9 Å². The van der Waals surface area contributed by atoms with Crippen molar-refractivity contribution < 1.29 is 19.1 Å². The van der Waals surface area contributed by atoms with Crippen molar-refractivity contribution in [3.63, 3.8) is 0 Å². The average molecular weight is 370 g/mol. The number of thiophene rings is 1. The summed E-state index contributed by atoms with van der Waals surface area (Å²) < 4.78 is 5.20. The number of hydrogen-bond acceptors (Lipinski definition) is 5. The number of anilines is 2. The molecule has 2 aromatic rings. The van der Waals surface area contributed by atoms with Gasteiger partial charge in [-0.2, -0.15) is 0 Å². The zero-order valence-corrected chi connectivity index (χ0v) is 15.2. The van der Waals surface area contributed by atoms with Gasteiger partial charge in [0.15, 0.2) is 6.10 Å². The van der Waals surface area contributed by atoms with Gasteiger partial charge in [-0.05, 0) is 44.2 Å². The SMILES string of the molecule is Cc1ccc(/C=C/C(=O)O[C@H](C)C(=O)N2CC(=O)Nc3ccccc32)s1. The predicted molar refractivity (Wildman–Crippen MR) is 101 cm³/mol. The number of nitrogens with one attached hydrogen (secondary N) is 1. The summed E-state index contributed by atoms with van der Waals surface area (Å²) in [7, 11) is 0. The van der Waals surface area contributed by atoms with Crippen molar-refractivity contribution in [1.82, 2.24) is 0 Å². The van der Waals surface area contributed by atoms with Gasteiger partial charge in [0, 0.05) is 15.8 Å². The molecular weight excluding hydrogens is 352 g/mol. The fourth-order valence-corrected chi connectivity index (χ4v) is 3.39. The van der Waals surface area contributed by atoms with Gasteiger partial charge in [0.25, 0.3) is 5.91 Å². The van der Waals surface area contributed by atoms with Gasteiger partial charge in [-0.25, -0.2) is 4.79 Å².